The molecule has 0 atom stereocenters. The monoisotopic (exact) mass is 293 g/mol. The summed E-state index contributed by atoms with van der Waals surface area (Å²) in [5.41, 5.74) is 0.916. The van der Waals surface area contributed by atoms with E-state index in [1.807, 2.05) is 18.2 Å². The lowest BCUT2D eigenvalue weighted by Gasteiger charge is -2.23. The molecule has 2 rings (SSSR count). The quantitative estimate of drug-likeness (QED) is 0.781. The van der Waals surface area contributed by atoms with Crippen LogP contribution in [0.5, 0.6) is 0 Å². The molecule has 0 saturated heterocycles. The molecule has 0 unspecified atom stereocenters. The maximum absolute atomic E-state index is 12.2. The van der Waals surface area contributed by atoms with Crippen molar-refractivity contribution >= 4 is 29.4 Å². The average Bonchev–Trinajstić information content (AvgIpc) is 2.62. The summed E-state index contributed by atoms with van der Waals surface area (Å²) in [6.45, 7) is 7.43. The van der Waals surface area contributed by atoms with Crippen molar-refractivity contribution in [3.63, 3.8) is 0 Å². The topological polar surface area (TPSA) is 46.6 Å². The van der Waals surface area contributed by atoms with Crippen molar-refractivity contribution in [3.8, 4) is 0 Å². The number of imide groups is 1. The maximum atomic E-state index is 12.2. The van der Waals surface area contributed by atoms with Gasteiger partial charge in [-0.3, -0.25) is 4.79 Å². The number of carbonyl (C=O) groups is 2. The Kier molecular flexibility index (Phi) is 4.09. The molecule has 1 aliphatic heterocycles. The predicted molar refractivity (Wildman–Crippen MR) is 80.3 cm³/mol. The number of nitrogens with zero attached hydrogens (tertiary/aromatic N) is 1. The van der Waals surface area contributed by atoms with E-state index in [2.05, 4.69) is 6.92 Å². The highest BCUT2D eigenvalue weighted by molar-refractivity contribution is 7.99. The van der Waals surface area contributed by atoms with Gasteiger partial charge < -0.3 is 4.74 Å². The number of thioether (sulfide) groups is 1. The Balaban J connectivity index is 2.30. The molecule has 0 fully saturated rings. The SMILES string of the molecule is CCSc1ccc2c(c1)N(C(=O)OC(C)(C)C)C(=O)C2. The largest absolute Gasteiger partial charge is 0.443 e. The van der Waals surface area contributed by atoms with Gasteiger partial charge in [0.2, 0.25) is 5.91 Å². The van der Waals surface area contributed by atoms with Gasteiger partial charge in [0.25, 0.3) is 0 Å². The van der Waals surface area contributed by atoms with Crippen LogP contribution in [0.15, 0.2) is 23.1 Å². The summed E-state index contributed by atoms with van der Waals surface area (Å²) >= 11 is 1.68. The Hall–Kier alpha value is -1.49. The van der Waals surface area contributed by atoms with Crippen LogP contribution in [-0.2, 0) is 16.0 Å². The van der Waals surface area contributed by atoms with Crippen LogP contribution in [0.25, 0.3) is 0 Å². The van der Waals surface area contributed by atoms with Crippen LogP contribution < -0.4 is 4.90 Å². The molecule has 20 heavy (non-hydrogen) atoms. The van der Waals surface area contributed by atoms with E-state index in [4.69, 9.17) is 4.74 Å². The van der Waals surface area contributed by atoms with Crippen molar-refractivity contribution in [2.75, 3.05) is 10.7 Å². The molecule has 0 spiro atoms. The third-order valence-corrected chi connectivity index (χ3v) is 3.65. The molecule has 0 saturated carbocycles. The maximum Gasteiger partial charge on any atom is 0.421 e. The Morgan fingerprint density at radius 3 is 2.70 bits per heavy atom. The second-order valence-electron chi connectivity index (χ2n) is 5.61. The smallest absolute Gasteiger partial charge is 0.421 e. The number of fused-ring (bicyclic) bond motifs is 1. The molecule has 0 bridgehead atoms. The van der Waals surface area contributed by atoms with Crippen molar-refractivity contribution in [3.05, 3.63) is 23.8 Å². The molecule has 5 heteroatoms. The van der Waals surface area contributed by atoms with Gasteiger partial charge in [-0.25, -0.2) is 9.69 Å². The minimum absolute atomic E-state index is 0.229. The van der Waals surface area contributed by atoms with Crippen molar-refractivity contribution in [1.29, 1.82) is 0 Å². The molecule has 0 radical (unpaired) electrons. The lowest BCUT2D eigenvalue weighted by atomic mass is 10.2. The molecule has 1 aliphatic rings. The molecule has 108 valence electrons. The zero-order valence-electron chi connectivity index (χ0n) is 12.2. The van der Waals surface area contributed by atoms with Crippen LogP contribution in [0.1, 0.15) is 33.3 Å². The van der Waals surface area contributed by atoms with Crippen LogP contribution in [-0.4, -0.2) is 23.4 Å². The first kappa shape index (κ1) is 14.9. The second-order valence-corrected chi connectivity index (χ2v) is 6.95. The van der Waals surface area contributed by atoms with E-state index in [0.29, 0.717) is 5.69 Å². The van der Waals surface area contributed by atoms with Crippen LogP contribution in [0.4, 0.5) is 10.5 Å². The molecular formula is C15H19NO3S. The molecule has 1 heterocycles. The molecule has 1 aromatic carbocycles. The van der Waals surface area contributed by atoms with Gasteiger partial charge in [-0.1, -0.05) is 13.0 Å². The fourth-order valence-electron chi connectivity index (χ4n) is 2.04. The van der Waals surface area contributed by atoms with Gasteiger partial charge in [0.1, 0.15) is 5.60 Å². The zero-order chi connectivity index (χ0) is 14.9. The number of amides is 2. The Bertz CT molecular complexity index is 549. The van der Waals surface area contributed by atoms with Crippen molar-refractivity contribution < 1.29 is 14.3 Å². The highest BCUT2D eigenvalue weighted by Crippen LogP contribution is 2.34. The van der Waals surface area contributed by atoms with Crippen molar-refractivity contribution in [2.45, 2.75) is 44.6 Å². The zero-order valence-corrected chi connectivity index (χ0v) is 13.0. The van der Waals surface area contributed by atoms with E-state index >= 15 is 0 Å². The lowest BCUT2D eigenvalue weighted by molar-refractivity contribution is -0.117. The molecule has 0 N–H and O–H groups in total. The lowest BCUT2D eigenvalue weighted by Crippen LogP contribution is -2.38. The second kappa shape index (κ2) is 5.48. The summed E-state index contributed by atoms with van der Waals surface area (Å²) in [6.07, 6.45) is -0.342. The van der Waals surface area contributed by atoms with Gasteiger partial charge in [-0.15, -0.1) is 11.8 Å². The van der Waals surface area contributed by atoms with Crippen LogP contribution in [0, 0.1) is 0 Å². The molecule has 1 aromatic rings. The van der Waals surface area contributed by atoms with Gasteiger partial charge in [0, 0.05) is 4.90 Å². The molecule has 0 aromatic heterocycles. The van der Waals surface area contributed by atoms with E-state index in [1.165, 1.54) is 0 Å². The first-order valence-electron chi connectivity index (χ1n) is 6.63. The standard InChI is InChI=1S/C15H19NO3S/c1-5-20-11-7-6-10-8-13(17)16(12(10)9-11)14(18)19-15(2,3)4/h6-7,9H,5,8H2,1-4H3. The van der Waals surface area contributed by atoms with E-state index in [1.54, 1.807) is 32.5 Å². The number of anilines is 1. The number of carbonyl (C=O) groups excluding carboxylic acids is 2. The van der Waals surface area contributed by atoms with Crippen LogP contribution in [0.2, 0.25) is 0 Å². The summed E-state index contributed by atoms with van der Waals surface area (Å²) in [4.78, 5) is 26.4. The average molecular weight is 293 g/mol. The van der Waals surface area contributed by atoms with Crippen LogP contribution in [0.3, 0.4) is 0 Å². The minimum Gasteiger partial charge on any atom is -0.443 e. The molecule has 2 amide bonds. The molecule has 4 nitrogen and oxygen atoms in total. The first-order valence-corrected chi connectivity index (χ1v) is 7.62. The third kappa shape index (κ3) is 3.15. The highest BCUT2D eigenvalue weighted by Gasteiger charge is 2.35. The van der Waals surface area contributed by atoms with Crippen molar-refractivity contribution in [1.82, 2.24) is 0 Å². The Labute approximate surface area is 123 Å². The summed E-state index contributed by atoms with van der Waals surface area (Å²) in [7, 11) is 0. The summed E-state index contributed by atoms with van der Waals surface area (Å²) in [6, 6.07) is 5.78. The third-order valence-electron chi connectivity index (χ3n) is 2.78. The fraction of sp³-hybridized carbons (Fsp3) is 0.467. The number of hydrogen-bond donors (Lipinski definition) is 0. The Morgan fingerprint density at radius 2 is 2.10 bits per heavy atom. The molecule has 0 aliphatic carbocycles. The Morgan fingerprint density at radius 1 is 1.40 bits per heavy atom. The number of rotatable bonds is 2. The minimum atomic E-state index is -0.615. The first-order chi connectivity index (χ1) is 9.31. The highest BCUT2D eigenvalue weighted by atomic mass is 32.2. The molecular weight excluding hydrogens is 274 g/mol. The van der Waals surface area contributed by atoms with Gasteiger partial charge in [0.05, 0.1) is 12.1 Å². The summed E-state index contributed by atoms with van der Waals surface area (Å²) in [5, 5.41) is 0. The van der Waals surface area contributed by atoms with Crippen molar-refractivity contribution in [2.24, 2.45) is 0 Å². The van der Waals surface area contributed by atoms with Gasteiger partial charge in [0.15, 0.2) is 0 Å². The van der Waals surface area contributed by atoms with Gasteiger partial charge in [-0.2, -0.15) is 0 Å². The normalized spacial score (nSPS) is 14.4. The predicted octanol–water partition coefficient (Wildman–Crippen LogP) is 3.62. The van der Waals surface area contributed by atoms with Gasteiger partial charge in [-0.05, 0) is 44.2 Å². The van der Waals surface area contributed by atoms with Crippen LogP contribution >= 0.6 is 11.8 Å². The number of hydrogen-bond acceptors (Lipinski definition) is 4. The summed E-state index contributed by atoms with van der Waals surface area (Å²) in [5.74, 6) is 0.715. The number of ether oxygens (including phenoxy) is 1. The summed E-state index contributed by atoms with van der Waals surface area (Å²) < 4.78 is 5.31. The van der Waals surface area contributed by atoms with E-state index in [9.17, 15) is 9.59 Å². The number of benzene rings is 1. The van der Waals surface area contributed by atoms with E-state index in [-0.39, 0.29) is 12.3 Å². The van der Waals surface area contributed by atoms with Gasteiger partial charge >= 0.3 is 6.09 Å². The fourth-order valence-corrected chi connectivity index (χ4v) is 2.73. The van der Waals surface area contributed by atoms with E-state index in [0.717, 1.165) is 21.1 Å². The van der Waals surface area contributed by atoms with E-state index < -0.39 is 11.7 Å².